The molecular weight excluding hydrogens is 262 g/mol. The molecule has 2 rings (SSSR count). The zero-order chi connectivity index (χ0) is 14.4. The van der Waals surface area contributed by atoms with E-state index in [2.05, 4.69) is 10.3 Å². The Morgan fingerprint density at radius 2 is 2.05 bits per heavy atom. The Hall–Kier alpha value is -1.43. The van der Waals surface area contributed by atoms with Gasteiger partial charge < -0.3 is 10.2 Å². The van der Waals surface area contributed by atoms with Crippen LogP contribution in [0.5, 0.6) is 0 Å². The molecular formula is C13H19N3O2S. The van der Waals surface area contributed by atoms with Crippen LogP contribution in [0.2, 0.25) is 0 Å². The van der Waals surface area contributed by atoms with Crippen LogP contribution in [0.15, 0.2) is 11.6 Å². The Kier molecular flexibility index (Phi) is 3.16. The predicted molar refractivity (Wildman–Crippen MR) is 73.7 cm³/mol. The minimum absolute atomic E-state index is 0.0835. The number of nitrogens with zero attached hydrogens (tertiary/aromatic N) is 2. The molecule has 0 spiro atoms. The lowest BCUT2D eigenvalue weighted by atomic mass is 9.91. The second-order valence-electron chi connectivity index (χ2n) is 5.86. The standard InChI is InChI=1S/C13H19N3O2S/c1-8-9(17)15-12(2,3)11(18)16(8)13(4,5)10-14-6-7-19-10/h6-8H,1-5H3,(H,15,17). The molecule has 0 aliphatic carbocycles. The molecule has 0 aromatic carbocycles. The fourth-order valence-electron chi connectivity index (χ4n) is 2.43. The van der Waals surface area contributed by atoms with Gasteiger partial charge in [0.15, 0.2) is 0 Å². The van der Waals surface area contributed by atoms with E-state index >= 15 is 0 Å². The molecule has 5 nitrogen and oxygen atoms in total. The van der Waals surface area contributed by atoms with Crippen LogP contribution in [0.4, 0.5) is 0 Å². The molecule has 0 bridgehead atoms. The molecule has 1 fully saturated rings. The first kappa shape index (κ1) is 14.0. The molecule has 1 N–H and O–H groups in total. The highest BCUT2D eigenvalue weighted by Crippen LogP contribution is 2.34. The third-order valence-electron chi connectivity index (χ3n) is 3.51. The van der Waals surface area contributed by atoms with Gasteiger partial charge in [0.1, 0.15) is 16.6 Å². The predicted octanol–water partition coefficient (Wildman–Crippen LogP) is 1.50. The summed E-state index contributed by atoms with van der Waals surface area (Å²) in [4.78, 5) is 30.6. The lowest BCUT2D eigenvalue weighted by Crippen LogP contribution is -2.70. The first-order chi connectivity index (χ1) is 8.68. The Balaban J connectivity index is 2.46. The van der Waals surface area contributed by atoms with Crippen LogP contribution < -0.4 is 5.32 Å². The molecule has 0 radical (unpaired) electrons. The normalized spacial score (nSPS) is 23.4. The van der Waals surface area contributed by atoms with Crippen molar-refractivity contribution in [3.63, 3.8) is 0 Å². The molecule has 1 saturated heterocycles. The van der Waals surface area contributed by atoms with Crippen LogP contribution >= 0.6 is 11.3 Å². The van der Waals surface area contributed by atoms with Gasteiger partial charge in [-0.3, -0.25) is 9.59 Å². The quantitative estimate of drug-likeness (QED) is 0.893. The van der Waals surface area contributed by atoms with Crippen LogP contribution in [-0.4, -0.2) is 33.3 Å². The fourth-order valence-corrected chi connectivity index (χ4v) is 3.19. The molecule has 1 aromatic heterocycles. The minimum atomic E-state index is -0.877. The Bertz CT molecular complexity index is 508. The number of hydrogen-bond donors (Lipinski definition) is 1. The van der Waals surface area contributed by atoms with E-state index in [1.165, 1.54) is 11.3 Å². The van der Waals surface area contributed by atoms with Gasteiger partial charge in [-0.2, -0.15) is 0 Å². The van der Waals surface area contributed by atoms with Crippen LogP contribution in [0.3, 0.4) is 0 Å². The number of amides is 2. The van der Waals surface area contributed by atoms with E-state index < -0.39 is 17.1 Å². The average molecular weight is 281 g/mol. The molecule has 0 saturated carbocycles. The minimum Gasteiger partial charge on any atom is -0.340 e. The number of carbonyl (C=O) groups excluding carboxylic acids is 2. The summed E-state index contributed by atoms with van der Waals surface area (Å²) in [5.41, 5.74) is -1.47. The van der Waals surface area contributed by atoms with Gasteiger partial charge in [0.05, 0.1) is 5.54 Å². The number of thiazole rings is 1. The van der Waals surface area contributed by atoms with Crippen molar-refractivity contribution < 1.29 is 9.59 Å². The summed E-state index contributed by atoms with van der Waals surface area (Å²) in [6.45, 7) is 9.05. The summed E-state index contributed by atoms with van der Waals surface area (Å²) in [5, 5.41) is 5.46. The molecule has 1 aliphatic rings. The maximum Gasteiger partial charge on any atom is 0.249 e. The van der Waals surface area contributed by atoms with Crippen molar-refractivity contribution in [2.24, 2.45) is 0 Å². The number of nitrogens with one attached hydrogen (secondary N) is 1. The first-order valence-corrected chi connectivity index (χ1v) is 7.11. The Morgan fingerprint density at radius 1 is 1.42 bits per heavy atom. The van der Waals surface area contributed by atoms with Crippen molar-refractivity contribution in [3.8, 4) is 0 Å². The number of aromatic nitrogens is 1. The largest absolute Gasteiger partial charge is 0.340 e. The average Bonchev–Trinajstić information content (AvgIpc) is 2.80. The summed E-state index contributed by atoms with van der Waals surface area (Å²) in [6.07, 6.45) is 1.71. The second kappa shape index (κ2) is 4.30. The van der Waals surface area contributed by atoms with E-state index in [0.29, 0.717) is 0 Å². The molecule has 1 atom stereocenters. The molecule has 2 amide bonds. The highest BCUT2D eigenvalue weighted by atomic mass is 32.1. The Morgan fingerprint density at radius 3 is 2.58 bits per heavy atom. The lowest BCUT2D eigenvalue weighted by molar-refractivity contribution is -0.159. The smallest absolute Gasteiger partial charge is 0.249 e. The van der Waals surface area contributed by atoms with Crippen LogP contribution in [0.1, 0.15) is 39.6 Å². The van der Waals surface area contributed by atoms with Gasteiger partial charge in [-0.1, -0.05) is 0 Å². The fraction of sp³-hybridized carbons (Fsp3) is 0.615. The maximum absolute atomic E-state index is 12.6. The summed E-state index contributed by atoms with van der Waals surface area (Å²) in [5.74, 6) is -0.214. The number of piperazine rings is 1. The first-order valence-electron chi connectivity index (χ1n) is 6.23. The van der Waals surface area contributed by atoms with Crippen molar-refractivity contribution in [2.75, 3.05) is 0 Å². The molecule has 19 heavy (non-hydrogen) atoms. The van der Waals surface area contributed by atoms with E-state index in [1.807, 2.05) is 19.2 Å². The van der Waals surface area contributed by atoms with Gasteiger partial charge >= 0.3 is 0 Å². The molecule has 104 valence electrons. The molecule has 6 heteroatoms. The van der Waals surface area contributed by atoms with Crippen molar-refractivity contribution in [2.45, 2.75) is 51.7 Å². The van der Waals surface area contributed by atoms with Gasteiger partial charge in [0, 0.05) is 11.6 Å². The van der Waals surface area contributed by atoms with Crippen molar-refractivity contribution >= 4 is 23.2 Å². The summed E-state index contributed by atoms with van der Waals surface area (Å²) < 4.78 is 0. The zero-order valence-electron chi connectivity index (χ0n) is 11.9. The molecule has 1 aliphatic heterocycles. The monoisotopic (exact) mass is 281 g/mol. The zero-order valence-corrected chi connectivity index (χ0v) is 12.7. The molecule has 1 aromatic rings. The number of carbonyl (C=O) groups is 2. The van der Waals surface area contributed by atoms with Crippen molar-refractivity contribution in [3.05, 3.63) is 16.6 Å². The van der Waals surface area contributed by atoms with Gasteiger partial charge in [-0.05, 0) is 34.6 Å². The molecule has 2 heterocycles. The third kappa shape index (κ3) is 2.14. The van der Waals surface area contributed by atoms with E-state index in [0.717, 1.165) is 5.01 Å². The second-order valence-corrected chi connectivity index (χ2v) is 6.76. The number of rotatable bonds is 2. The summed E-state index contributed by atoms with van der Waals surface area (Å²) in [7, 11) is 0. The van der Waals surface area contributed by atoms with Gasteiger partial charge in [0.25, 0.3) is 0 Å². The van der Waals surface area contributed by atoms with E-state index in [9.17, 15) is 9.59 Å². The topological polar surface area (TPSA) is 62.3 Å². The van der Waals surface area contributed by atoms with E-state index in [-0.39, 0.29) is 11.8 Å². The summed E-state index contributed by atoms with van der Waals surface area (Å²) in [6, 6.07) is -0.501. The summed E-state index contributed by atoms with van der Waals surface area (Å²) >= 11 is 1.49. The lowest BCUT2D eigenvalue weighted by Gasteiger charge is -2.48. The number of hydrogen-bond acceptors (Lipinski definition) is 4. The van der Waals surface area contributed by atoms with Gasteiger partial charge in [0.2, 0.25) is 11.8 Å². The van der Waals surface area contributed by atoms with E-state index in [4.69, 9.17) is 0 Å². The highest BCUT2D eigenvalue weighted by Gasteiger charge is 2.50. The third-order valence-corrected chi connectivity index (χ3v) is 4.60. The van der Waals surface area contributed by atoms with Crippen LogP contribution in [-0.2, 0) is 15.1 Å². The Labute approximate surface area is 117 Å². The van der Waals surface area contributed by atoms with E-state index in [1.54, 1.807) is 31.9 Å². The van der Waals surface area contributed by atoms with Gasteiger partial charge in [-0.25, -0.2) is 4.98 Å². The van der Waals surface area contributed by atoms with Crippen LogP contribution in [0.25, 0.3) is 0 Å². The van der Waals surface area contributed by atoms with Crippen molar-refractivity contribution in [1.82, 2.24) is 15.2 Å². The van der Waals surface area contributed by atoms with Crippen molar-refractivity contribution in [1.29, 1.82) is 0 Å². The SMILES string of the molecule is CC1C(=O)NC(C)(C)C(=O)N1C(C)(C)c1nccs1. The molecule has 1 unspecified atom stereocenters. The maximum atomic E-state index is 12.6. The van der Waals surface area contributed by atoms with Crippen LogP contribution in [0, 0.1) is 0 Å². The van der Waals surface area contributed by atoms with Gasteiger partial charge in [-0.15, -0.1) is 11.3 Å². The highest BCUT2D eigenvalue weighted by molar-refractivity contribution is 7.09.